The average molecular weight is 100 g/mol. The maximum Gasteiger partial charge on any atom is 0.135 e. The van der Waals surface area contributed by atoms with E-state index in [1.54, 1.807) is 0 Å². The van der Waals surface area contributed by atoms with Crippen molar-refractivity contribution >= 4 is 0 Å². The fourth-order valence-electron chi connectivity index (χ4n) is 0.295. The summed E-state index contributed by atoms with van der Waals surface area (Å²) in [5.74, 6) is 0. The lowest BCUT2D eigenvalue weighted by Gasteiger charge is -1.87. The second-order valence-electron chi connectivity index (χ2n) is 1.00. The highest BCUT2D eigenvalue weighted by molar-refractivity contribution is 4.68. The van der Waals surface area contributed by atoms with Crippen LogP contribution in [0.25, 0.3) is 0 Å². The maximum atomic E-state index is 7.85. The van der Waals surface area contributed by atoms with Gasteiger partial charge in [-0.1, -0.05) is 0 Å². The van der Waals surface area contributed by atoms with Crippen molar-refractivity contribution in [2.75, 3.05) is 0 Å². The summed E-state index contributed by atoms with van der Waals surface area (Å²) in [6, 6.07) is 0. The van der Waals surface area contributed by atoms with E-state index in [1.165, 1.54) is 18.7 Å². The molecule has 7 heavy (non-hydrogen) atoms. The molecule has 1 N–H and O–H groups in total. The van der Waals surface area contributed by atoms with Crippen molar-refractivity contribution in [1.82, 2.24) is 9.71 Å². The van der Waals surface area contributed by atoms with E-state index in [0.29, 0.717) is 0 Å². The number of hydrogen-bond acceptors (Lipinski definition) is 3. The zero-order valence-corrected chi connectivity index (χ0v) is 3.48. The van der Waals surface area contributed by atoms with Gasteiger partial charge in [0.15, 0.2) is 0 Å². The van der Waals surface area contributed by atoms with Gasteiger partial charge >= 0.3 is 0 Å². The third-order valence-corrected chi connectivity index (χ3v) is 0.574. The Hall–Kier alpha value is -1.03. The summed E-state index contributed by atoms with van der Waals surface area (Å²) in [7, 11) is 0. The van der Waals surface area contributed by atoms with Crippen LogP contribution in [0.4, 0.5) is 0 Å². The predicted molar refractivity (Wildman–Crippen MR) is 21.4 cm³/mol. The largest absolute Gasteiger partial charge is 0.242 e. The molecule has 0 bridgehead atoms. The molecule has 0 spiro atoms. The van der Waals surface area contributed by atoms with Crippen molar-refractivity contribution in [2.45, 2.75) is 0 Å². The highest BCUT2D eigenvalue weighted by Crippen LogP contribution is 1.75. The van der Waals surface area contributed by atoms with E-state index in [-0.39, 0.29) is 0 Å². The van der Waals surface area contributed by atoms with E-state index in [2.05, 4.69) is 9.97 Å². The van der Waals surface area contributed by atoms with Crippen molar-refractivity contribution in [3.63, 3.8) is 0 Å². The molecule has 0 aromatic carbocycles. The minimum Gasteiger partial charge on any atom is -0.242 e. The molecule has 0 fully saturated rings. The highest BCUT2D eigenvalue weighted by Gasteiger charge is 1.79. The molecule has 1 aromatic rings. The summed E-state index contributed by atoms with van der Waals surface area (Å²) in [5.41, 5.74) is 0. The Labute approximate surface area is 39.9 Å². The van der Waals surface area contributed by atoms with Gasteiger partial charge in [-0.15, -0.1) is 4.73 Å². The smallest absolute Gasteiger partial charge is 0.135 e. The van der Waals surface area contributed by atoms with Crippen LogP contribution in [-0.2, 0) is 0 Å². The molecule has 0 saturated heterocycles. The van der Waals surface area contributed by atoms with Crippen LogP contribution < -0.4 is 4.99 Å². The van der Waals surface area contributed by atoms with Crippen LogP contribution in [0.2, 0.25) is 0 Å². The van der Waals surface area contributed by atoms with E-state index in [0.717, 1.165) is 4.73 Å². The van der Waals surface area contributed by atoms with Gasteiger partial charge in [-0.25, -0.2) is 9.97 Å². The summed E-state index contributed by atoms with van der Waals surface area (Å²) in [5, 5.41) is 7.85. The van der Waals surface area contributed by atoms with Crippen LogP contribution in [0.1, 0.15) is 0 Å². The van der Waals surface area contributed by atoms with Crippen molar-refractivity contribution in [1.29, 1.82) is 0 Å². The normalized spacial score (nSPS) is 8.71. The molecule has 0 aliphatic rings. The first-order valence-corrected chi connectivity index (χ1v) is 1.73. The van der Waals surface area contributed by atoms with Gasteiger partial charge in [0, 0.05) is 6.20 Å². The Morgan fingerprint density at radius 1 is 1.71 bits per heavy atom. The molecule has 0 aliphatic heterocycles. The van der Waals surface area contributed by atoms with Gasteiger partial charge in [-0.05, 0) is 0 Å². The Balaban J connectivity index is 2.76. The first kappa shape index (κ1) is 4.14. The van der Waals surface area contributed by atoms with Crippen LogP contribution in [0.5, 0.6) is 0 Å². The zero-order valence-electron chi connectivity index (χ0n) is 3.48. The van der Waals surface area contributed by atoms with E-state index in [9.17, 15) is 0 Å². The van der Waals surface area contributed by atoms with Crippen molar-refractivity contribution in [3.8, 4) is 0 Å². The fourth-order valence-corrected chi connectivity index (χ4v) is 0.295. The van der Waals surface area contributed by atoms with Gasteiger partial charge in [0.05, 0.1) is 6.20 Å². The highest BCUT2D eigenvalue weighted by atomic mass is 17.2. The average Bonchev–Trinajstić information content (AvgIpc) is 2.14. The van der Waals surface area contributed by atoms with E-state index >= 15 is 0 Å². The lowest BCUT2D eigenvalue weighted by molar-refractivity contribution is -0.242. The van der Waals surface area contributed by atoms with Crippen LogP contribution in [-0.4, -0.2) is 15.0 Å². The van der Waals surface area contributed by atoms with E-state index < -0.39 is 0 Å². The summed E-state index contributed by atoms with van der Waals surface area (Å²) in [6.45, 7) is 0. The maximum absolute atomic E-state index is 7.85. The predicted octanol–water partition coefficient (Wildman–Crippen LogP) is -0.215. The van der Waals surface area contributed by atoms with Crippen LogP contribution >= 0.6 is 0 Å². The van der Waals surface area contributed by atoms with Crippen molar-refractivity contribution in [2.24, 2.45) is 0 Å². The number of nitrogens with zero attached hydrogens (tertiary/aromatic N) is 2. The molecule has 4 heteroatoms. The molecule has 0 aliphatic carbocycles. The molecule has 1 rings (SSSR count). The second kappa shape index (κ2) is 1.61. The Morgan fingerprint density at radius 3 is 2.86 bits per heavy atom. The van der Waals surface area contributed by atoms with Crippen LogP contribution in [0.3, 0.4) is 0 Å². The third-order valence-electron chi connectivity index (χ3n) is 0.574. The van der Waals surface area contributed by atoms with Gasteiger partial charge in [0.25, 0.3) is 0 Å². The molecular weight excluding hydrogens is 96.0 g/mol. The van der Waals surface area contributed by atoms with Gasteiger partial charge in [-0.3, -0.25) is 0 Å². The van der Waals surface area contributed by atoms with Crippen molar-refractivity contribution < 1.29 is 10.2 Å². The second-order valence-corrected chi connectivity index (χ2v) is 1.00. The molecular formula is C3H4N2O2. The number of hydrogen-bond donors (Lipinski definition) is 1. The number of imidazole rings is 1. The minimum atomic E-state index is 1.07. The molecule has 0 radical (unpaired) electrons. The number of rotatable bonds is 1. The van der Waals surface area contributed by atoms with Crippen LogP contribution in [0, 0.1) is 0 Å². The third kappa shape index (κ3) is 0.690. The zero-order chi connectivity index (χ0) is 5.11. The summed E-state index contributed by atoms with van der Waals surface area (Å²) in [4.78, 5) is 7.28. The van der Waals surface area contributed by atoms with E-state index in [4.69, 9.17) is 5.26 Å². The fraction of sp³-hybridized carbons (Fsp3) is 0. The van der Waals surface area contributed by atoms with Gasteiger partial charge in [0.2, 0.25) is 0 Å². The summed E-state index contributed by atoms with van der Waals surface area (Å²) in [6.07, 6.45) is 4.30. The molecule has 0 atom stereocenters. The quantitative estimate of drug-likeness (QED) is 0.392. The molecule has 0 amide bonds. The molecule has 4 nitrogen and oxygen atoms in total. The Kier molecular flexibility index (Phi) is 0.953. The first-order chi connectivity index (χ1) is 3.43. The lowest BCUT2D eigenvalue weighted by Crippen LogP contribution is -2.01. The minimum absolute atomic E-state index is 1.07. The number of aromatic nitrogens is 2. The molecule has 0 unspecified atom stereocenters. The summed E-state index contributed by atoms with van der Waals surface area (Å²) < 4.78 is 1.07. The molecule has 1 aromatic heterocycles. The standard InChI is InChI=1S/C3H4N2O2/c6-7-5-2-1-4-3-5/h1-3,6H. The van der Waals surface area contributed by atoms with Gasteiger partial charge in [0.1, 0.15) is 6.33 Å². The SMILES string of the molecule is OOn1ccnc1. The van der Waals surface area contributed by atoms with Crippen molar-refractivity contribution in [3.05, 3.63) is 18.7 Å². The first-order valence-electron chi connectivity index (χ1n) is 1.73. The topological polar surface area (TPSA) is 47.3 Å². The summed E-state index contributed by atoms with van der Waals surface area (Å²) >= 11 is 0. The molecule has 38 valence electrons. The molecule has 0 saturated carbocycles. The Morgan fingerprint density at radius 2 is 2.57 bits per heavy atom. The van der Waals surface area contributed by atoms with Gasteiger partial charge in [-0.2, -0.15) is 5.26 Å². The van der Waals surface area contributed by atoms with Crippen LogP contribution in [0.15, 0.2) is 18.7 Å². The van der Waals surface area contributed by atoms with Gasteiger partial charge < -0.3 is 0 Å². The molecule has 1 heterocycles. The Bertz CT molecular complexity index is 125. The monoisotopic (exact) mass is 100 g/mol. The van der Waals surface area contributed by atoms with E-state index in [1.807, 2.05) is 0 Å². The lowest BCUT2D eigenvalue weighted by atomic mass is 11.0.